The lowest BCUT2D eigenvalue weighted by molar-refractivity contribution is -0.136. The number of amides is 2. The summed E-state index contributed by atoms with van der Waals surface area (Å²) in [7, 11) is -3.70. The maximum atomic E-state index is 13.1. The number of rotatable bonds is 6. The van der Waals surface area contributed by atoms with Crippen LogP contribution in [0.2, 0.25) is 39.3 Å². The summed E-state index contributed by atoms with van der Waals surface area (Å²) in [6, 6.07) is 9.40. The van der Waals surface area contributed by atoms with Crippen molar-refractivity contribution in [2.45, 2.75) is 58.0 Å². The number of hydrogen-bond donors (Lipinski definition) is 2. The zero-order chi connectivity index (χ0) is 17.9. The highest BCUT2D eigenvalue weighted by atomic mass is 28.3. The largest absolute Gasteiger partial charge is 0.381 e. The molecule has 0 radical (unpaired) electrons. The van der Waals surface area contributed by atoms with Gasteiger partial charge in [0.25, 0.3) is 0 Å². The summed E-state index contributed by atoms with van der Waals surface area (Å²) in [5, 5.41) is 0. The van der Waals surface area contributed by atoms with Crippen molar-refractivity contribution in [2.75, 3.05) is 0 Å². The Labute approximate surface area is 142 Å². The van der Waals surface area contributed by atoms with Crippen molar-refractivity contribution in [2.24, 2.45) is 0 Å². The van der Waals surface area contributed by atoms with Crippen molar-refractivity contribution in [3.63, 3.8) is 0 Å². The number of nitrogens with one attached hydrogen (secondary N) is 2. The second kappa shape index (κ2) is 7.01. The highest BCUT2D eigenvalue weighted by Crippen LogP contribution is 2.30. The minimum atomic E-state index is -1.85. The molecule has 0 aliphatic rings. The summed E-state index contributed by atoms with van der Waals surface area (Å²) in [5.41, 5.74) is -0.407. The van der Waals surface area contributed by atoms with E-state index in [4.69, 9.17) is 0 Å². The van der Waals surface area contributed by atoms with E-state index in [1.807, 2.05) is 37.3 Å². The van der Waals surface area contributed by atoms with Crippen molar-refractivity contribution in [1.29, 1.82) is 0 Å². The first-order valence-corrected chi connectivity index (χ1v) is 15.1. The predicted octanol–water partition coefficient (Wildman–Crippen LogP) is 3.24. The zero-order valence-electron chi connectivity index (χ0n) is 15.4. The quantitative estimate of drug-likeness (QED) is 0.611. The van der Waals surface area contributed by atoms with Gasteiger partial charge in [0, 0.05) is 0 Å². The average Bonchev–Trinajstić information content (AvgIpc) is 2.37. The van der Waals surface area contributed by atoms with Gasteiger partial charge in [-0.05, 0) is 12.0 Å². The smallest absolute Gasteiger partial charge is 0.232 e. The molecular weight excluding hydrogens is 320 g/mol. The van der Waals surface area contributed by atoms with Crippen LogP contribution in [0.25, 0.3) is 0 Å². The van der Waals surface area contributed by atoms with Gasteiger partial charge in [0.15, 0.2) is 5.41 Å². The Morgan fingerprint density at radius 1 is 0.870 bits per heavy atom. The average molecular weight is 351 g/mol. The summed E-state index contributed by atoms with van der Waals surface area (Å²) >= 11 is 0. The highest BCUT2D eigenvalue weighted by molar-refractivity contribution is 6.77. The van der Waals surface area contributed by atoms with Crippen LogP contribution in [-0.4, -0.2) is 28.3 Å². The Balaban J connectivity index is 3.40. The molecule has 0 unspecified atom stereocenters. The number of hydrogen-bond acceptors (Lipinski definition) is 2. The third-order valence-corrected chi connectivity index (χ3v) is 5.50. The molecule has 1 aromatic rings. The third-order valence-electron chi connectivity index (χ3n) is 3.55. The predicted molar refractivity (Wildman–Crippen MR) is 101 cm³/mol. The van der Waals surface area contributed by atoms with Crippen LogP contribution < -0.4 is 9.96 Å². The van der Waals surface area contributed by atoms with Crippen LogP contribution in [0, 0.1) is 0 Å². The van der Waals surface area contributed by atoms with Crippen LogP contribution in [0.3, 0.4) is 0 Å². The van der Waals surface area contributed by atoms with Crippen LogP contribution in [-0.2, 0) is 15.0 Å². The standard InChI is InChI=1S/C17H30N2O2Si2/c1-8-17(14-12-10-9-11-13-14,15(20)18-22(2,3)4)16(21)19-23(5,6)7/h9-13H,8H2,1-7H3,(H,18,20)(H,19,21). The molecule has 128 valence electrons. The lowest BCUT2D eigenvalue weighted by atomic mass is 9.76. The molecule has 4 nitrogen and oxygen atoms in total. The van der Waals surface area contributed by atoms with Crippen molar-refractivity contribution in [1.82, 2.24) is 9.96 Å². The summed E-state index contributed by atoms with van der Waals surface area (Å²) < 4.78 is 0. The molecule has 0 bridgehead atoms. The Kier molecular flexibility index (Phi) is 5.98. The van der Waals surface area contributed by atoms with Crippen LogP contribution in [0.15, 0.2) is 30.3 Å². The lowest BCUT2D eigenvalue weighted by Gasteiger charge is -2.35. The molecule has 0 aliphatic carbocycles. The molecule has 23 heavy (non-hydrogen) atoms. The third kappa shape index (κ3) is 5.04. The van der Waals surface area contributed by atoms with E-state index in [9.17, 15) is 9.59 Å². The molecule has 0 atom stereocenters. The fraction of sp³-hybridized carbons (Fsp3) is 0.529. The molecule has 0 heterocycles. The molecule has 0 fully saturated rings. The number of carbonyl (C=O) groups is 2. The van der Waals surface area contributed by atoms with Crippen LogP contribution in [0.4, 0.5) is 0 Å². The molecule has 0 aliphatic heterocycles. The van der Waals surface area contributed by atoms with Gasteiger partial charge in [0.2, 0.25) is 11.8 Å². The highest BCUT2D eigenvalue weighted by Gasteiger charge is 2.47. The first kappa shape index (κ1) is 19.6. The molecule has 0 saturated carbocycles. The van der Waals surface area contributed by atoms with Gasteiger partial charge >= 0.3 is 0 Å². The van der Waals surface area contributed by atoms with E-state index >= 15 is 0 Å². The zero-order valence-corrected chi connectivity index (χ0v) is 17.4. The molecular formula is C17H30N2O2Si2. The fourth-order valence-corrected chi connectivity index (χ4v) is 4.30. The SMILES string of the molecule is CCC(C(=O)N[Si](C)(C)C)(C(=O)N[Si](C)(C)C)c1ccccc1. The normalized spacial score (nSPS) is 12.7. The Hall–Kier alpha value is -1.41. The fourth-order valence-electron chi connectivity index (χ4n) is 2.51. The van der Waals surface area contributed by atoms with E-state index in [0.29, 0.717) is 6.42 Å². The van der Waals surface area contributed by atoms with Gasteiger partial charge in [-0.3, -0.25) is 9.59 Å². The molecule has 0 saturated heterocycles. The van der Waals surface area contributed by atoms with E-state index in [-0.39, 0.29) is 11.8 Å². The second-order valence-electron chi connectivity index (χ2n) is 8.03. The maximum absolute atomic E-state index is 13.1. The van der Waals surface area contributed by atoms with E-state index in [1.165, 1.54) is 0 Å². The minimum Gasteiger partial charge on any atom is -0.381 e. The molecule has 6 heteroatoms. The Bertz CT molecular complexity index is 532. The molecule has 2 amide bonds. The Morgan fingerprint density at radius 2 is 1.26 bits per heavy atom. The topological polar surface area (TPSA) is 58.2 Å². The number of carbonyl (C=O) groups excluding carboxylic acids is 2. The Morgan fingerprint density at radius 3 is 1.57 bits per heavy atom. The van der Waals surface area contributed by atoms with Crippen LogP contribution in [0.5, 0.6) is 0 Å². The van der Waals surface area contributed by atoms with Gasteiger partial charge in [-0.25, -0.2) is 0 Å². The molecule has 0 aromatic heterocycles. The first-order valence-electron chi connectivity index (χ1n) is 8.13. The van der Waals surface area contributed by atoms with Crippen molar-refractivity contribution in [3.8, 4) is 0 Å². The van der Waals surface area contributed by atoms with Gasteiger partial charge in [0.1, 0.15) is 16.5 Å². The van der Waals surface area contributed by atoms with Gasteiger partial charge in [-0.15, -0.1) is 0 Å². The van der Waals surface area contributed by atoms with Crippen LogP contribution >= 0.6 is 0 Å². The van der Waals surface area contributed by atoms with Crippen molar-refractivity contribution < 1.29 is 9.59 Å². The summed E-state index contributed by atoms with van der Waals surface area (Å²) in [6.45, 7) is 14.3. The minimum absolute atomic E-state index is 0.180. The first-order chi connectivity index (χ1) is 10.4. The summed E-state index contributed by atoms with van der Waals surface area (Å²) in [4.78, 5) is 32.5. The van der Waals surface area contributed by atoms with E-state index in [1.54, 1.807) is 0 Å². The van der Waals surface area contributed by atoms with E-state index in [2.05, 4.69) is 49.2 Å². The lowest BCUT2D eigenvalue weighted by Crippen LogP contribution is -2.62. The monoisotopic (exact) mass is 350 g/mol. The second-order valence-corrected chi connectivity index (χ2v) is 17.5. The van der Waals surface area contributed by atoms with Gasteiger partial charge < -0.3 is 9.96 Å². The van der Waals surface area contributed by atoms with Crippen LogP contribution in [0.1, 0.15) is 18.9 Å². The molecule has 2 N–H and O–H groups in total. The molecule has 0 spiro atoms. The van der Waals surface area contributed by atoms with Crippen molar-refractivity contribution in [3.05, 3.63) is 35.9 Å². The van der Waals surface area contributed by atoms with Gasteiger partial charge in [-0.2, -0.15) is 0 Å². The van der Waals surface area contributed by atoms with Gasteiger partial charge in [0.05, 0.1) is 0 Å². The summed E-state index contributed by atoms with van der Waals surface area (Å²) in [5.74, 6) is -0.359. The molecule has 1 rings (SSSR count). The van der Waals surface area contributed by atoms with Gasteiger partial charge in [-0.1, -0.05) is 76.5 Å². The van der Waals surface area contributed by atoms with E-state index in [0.717, 1.165) is 5.56 Å². The van der Waals surface area contributed by atoms with E-state index < -0.39 is 21.9 Å². The molecule has 1 aromatic carbocycles. The number of benzene rings is 1. The maximum Gasteiger partial charge on any atom is 0.232 e. The van der Waals surface area contributed by atoms with Crippen molar-refractivity contribution >= 4 is 28.3 Å². The summed E-state index contributed by atoms with van der Waals surface area (Å²) in [6.07, 6.45) is 0.434.